The van der Waals surface area contributed by atoms with Crippen LogP contribution in [0.5, 0.6) is 0 Å². The molecule has 1 aromatic heterocycles. The summed E-state index contributed by atoms with van der Waals surface area (Å²) < 4.78 is 17.4. The van der Waals surface area contributed by atoms with E-state index in [0.717, 1.165) is 0 Å². The summed E-state index contributed by atoms with van der Waals surface area (Å²) in [5.74, 6) is -1.10. The summed E-state index contributed by atoms with van der Waals surface area (Å²) >= 11 is 1.33. The number of ether oxygens (including phenoxy) is 1. The number of ketones is 1. The van der Waals surface area contributed by atoms with Crippen molar-refractivity contribution < 1.29 is 18.5 Å². The van der Waals surface area contributed by atoms with Crippen molar-refractivity contribution in [2.45, 2.75) is 25.0 Å². The van der Waals surface area contributed by atoms with E-state index in [4.69, 9.17) is 4.74 Å². The minimum absolute atomic E-state index is 0.160. The molecule has 0 aliphatic rings. The van der Waals surface area contributed by atoms with Crippen LogP contribution in [0.25, 0.3) is 0 Å². The lowest BCUT2D eigenvalue weighted by Gasteiger charge is -2.20. The molecule has 0 saturated carbocycles. The van der Waals surface area contributed by atoms with E-state index in [-0.39, 0.29) is 18.1 Å². The first-order valence-corrected chi connectivity index (χ1v) is 7.71. The SMILES string of the molecule is CCOC(=O)C(C)(C)C(=O)CS(=O)c1cccs1. The molecule has 4 nitrogen and oxygen atoms in total. The predicted molar refractivity (Wildman–Crippen MR) is 71.0 cm³/mol. The molecule has 100 valence electrons. The summed E-state index contributed by atoms with van der Waals surface area (Å²) in [7, 11) is -1.39. The van der Waals surface area contributed by atoms with Gasteiger partial charge in [0.05, 0.1) is 27.4 Å². The molecule has 0 aliphatic heterocycles. The van der Waals surface area contributed by atoms with Crippen LogP contribution >= 0.6 is 11.3 Å². The zero-order valence-electron chi connectivity index (χ0n) is 10.6. The van der Waals surface area contributed by atoms with Gasteiger partial charge in [-0.15, -0.1) is 11.3 Å². The zero-order chi connectivity index (χ0) is 13.8. The average molecular weight is 288 g/mol. The second-order valence-corrected chi connectivity index (χ2v) is 6.82. The molecule has 1 rings (SSSR count). The zero-order valence-corrected chi connectivity index (χ0v) is 12.2. The third-order valence-electron chi connectivity index (χ3n) is 2.46. The molecule has 0 amide bonds. The summed E-state index contributed by atoms with van der Waals surface area (Å²) in [4.78, 5) is 23.6. The van der Waals surface area contributed by atoms with E-state index >= 15 is 0 Å². The van der Waals surface area contributed by atoms with Gasteiger partial charge >= 0.3 is 5.97 Å². The molecule has 0 bridgehead atoms. The van der Waals surface area contributed by atoms with Gasteiger partial charge in [-0.3, -0.25) is 13.8 Å². The Hall–Kier alpha value is -1.01. The van der Waals surface area contributed by atoms with Crippen LogP contribution in [0.15, 0.2) is 21.7 Å². The third-order valence-corrected chi connectivity index (χ3v) is 5.08. The topological polar surface area (TPSA) is 60.4 Å². The van der Waals surface area contributed by atoms with Crippen LogP contribution in [0, 0.1) is 5.41 Å². The Morgan fingerprint density at radius 2 is 2.11 bits per heavy atom. The van der Waals surface area contributed by atoms with Gasteiger partial charge in [-0.25, -0.2) is 0 Å². The lowest BCUT2D eigenvalue weighted by atomic mass is 9.89. The lowest BCUT2D eigenvalue weighted by molar-refractivity contribution is -0.157. The van der Waals surface area contributed by atoms with E-state index < -0.39 is 22.2 Å². The van der Waals surface area contributed by atoms with Gasteiger partial charge in [0.25, 0.3) is 0 Å². The molecule has 1 heterocycles. The fraction of sp³-hybridized carbons (Fsp3) is 0.500. The Labute approximate surface area is 113 Å². The number of rotatable bonds is 6. The monoisotopic (exact) mass is 288 g/mol. The normalized spacial score (nSPS) is 13.1. The van der Waals surface area contributed by atoms with Crippen LogP contribution in [0.4, 0.5) is 0 Å². The smallest absolute Gasteiger partial charge is 0.319 e. The highest BCUT2D eigenvalue weighted by Gasteiger charge is 2.38. The van der Waals surface area contributed by atoms with Crippen molar-refractivity contribution in [1.82, 2.24) is 0 Å². The molecule has 0 fully saturated rings. The van der Waals surface area contributed by atoms with Gasteiger partial charge in [-0.05, 0) is 32.2 Å². The number of carbonyl (C=O) groups is 2. The van der Waals surface area contributed by atoms with Crippen LogP contribution in [-0.2, 0) is 25.1 Å². The molecule has 0 saturated heterocycles. The minimum Gasteiger partial charge on any atom is -0.465 e. The number of carbonyl (C=O) groups excluding carboxylic acids is 2. The molecule has 0 spiro atoms. The Kier molecular flexibility index (Phi) is 5.22. The van der Waals surface area contributed by atoms with Gasteiger partial charge in [0.1, 0.15) is 5.41 Å². The molecule has 1 unspecified atom stereocenters. The first-order valence-electron chi connectivity index (χ1n) is 5.52. The first kappa shape index (κ1) is 15.0. The molecule has 1 aromatic rings. The quantitative estimate of drug-likeness (QED) is 0.593. The van der Waals surface area contributed by atoms with E-state index in [9.17, 15) is 13.8 Å². The van der Waals surface area contributed by atoms with Crippen molar-refractivity contribution in [3.8, 4) is 0 Å². The van der Waals surface area contributed by atoms with Crippen LogP contribution in [0.1, 0.15) is 20.8 Å². The van der Waals surface area contributed by atoms with Crippen molar-refractivity contribution in [3.63, 3.8) is 0 Å². The Balaban J connectivity index is 2.70. The van der Waals surface area contributed by atoms with Crippen molar-refractivity contribution in [3.05, 3.63) is 17.5 Å². The van der Waals surface area contributed by atoms with Gasteiger partial charge in [0.2, 0.25) is 0 Å². The van der Waals surface area contributed by atoms with Crippen LogP contribution in [0.2, 0.25) is 0 Å². The lowest BCUT2D eigenvalue weighted by Crippen LogP contribution is -2.37. The maximum absolute atomic E-state index is 12.0. The molecule has 18 heavy (non-hydrogen) atoms. The summed E-state index contributed by atoms with van der Waals surface area (Å²) in [5, 5.41) is 1.80. The Bertz CT molecular complexity index is 449. The van der Waals surface area contributed by atoms with E-state index in [2.05, 4.69) is 0 Å². The molecule has 0 N–H and O–H groups in total. The number of hydrogen-bond acceptors (Lipinski definition) is 5. The molecule has 0 aliphatic carbocycles. The second-order valence-electron chi connectivity index (χ2n) is 4.19. The maximum atomic E-state index is 12.0. The van der Waals surface area contributed by atoms with Gasteiger partial charge in [0.15, 0.2) is 5.78 Å². The third kappa shape index (κ3) is 3.49. The molecular weight excluding hydrogens is 272 g/mol. The summed E-state index contributed by atoms with van der Waals surface area (Å²) in [5.41, 5.74) is -1.25. The van der Waals surface area contributed by atoms with E-state index in [1.807, 2.05) is 0 Å². The molecule has 0 radical (unpaired) electrons. The van der Waals surface area contributed by atoms with Crippen molar-refractivity contribution in [2.75, 3.05) is 12.4 Å². The number of hydrogen-bond donors (Lipinski definition) is 0. The molecule has 1 atom stereocenters. The van der Waals surface area contributed by atoms with E-state index in [1.54, 1.807) is 24.4 Å². The van der Waals surface area contributed by atoms with Crippen molar-refractivity contribution >= 4 is 33.9 Å². The van der Waals surface area contributed by atoms with Crippen LogP contribution in [0.3, 0.4) is 0 Å². The standard InChI is InChI=1S/C12H16O4S2/c1-4-16-11(14)12(2,3)9(13)8-18(15)10-6-5-7-17-10/h5-7H,4,8H2,1-3H3. The number of esters is 1. The highest BCUT2D eigenvalue weighted by atomic mass is 32.2. The van der Waals surface area contributed by atoms with Crippen molar-refractivity contribution in [1.29, 1.82) is 0 Å². The van der Waals surface area contributed by atoms with Gasteiger partial charge in [-0.1, -0.05) is 6.07 Å². The second kappa shape index (κ2) is 6.24. The fourth-order valence-electron chi connectivity index (χ4n) is 1.19. The first-order chi connectivity index (χ1) is 8.39. The Morgan fingerprint density at radius 1 is 1.44 bits per heavy atom. The summed E-state index contributed by atoms with van der Waals surface area (Å²) in [6, 6.07) is 3.49. The van der Waals surface area contributed by atoms with Crippen LogP contribution in [-0.4, -0.2) is 28.3 Å². The maximum Gasteiger partial charge on any atom is 0.319 e. The molecule has 6 heteroatoms. The highest BCUT2D eigenvalue weighted by molar-refractivity contribution is 7.88. The molecular formula is C12H16O4S2. The molecule has 0 aromatic carbocycles. The predicted octanol–water partition coefficient (Wildman–Crippen LogP) is 2.01. The van der Waals surface area contributed by atoms with Crippen LogP contribution < -0.4 is 0 Å². The van der Waals surface area contributed by atoms with E-state index in [1.165, 1.54) is 25.2 Å². The average Bonchev–Trinajstić information content (AvgIpc) is 2.82. The fourth-order valence-corrected chi connectivity index (χ4v) is 3.38. The van der Waals surface area contributed by atoms with Gasteiger partial charge in [0, 0.05) is 0 Å². The highest BCUT2D eigenvalue weighted by Crippen LogP contribution is 2.22. The number of Topliss-reactive ketones (excluding diaryl/α,β-unsaturated/α-hetero) is 1. The minimum atomic E-state index is -1.39. The summed E-state index contributed by atoms with van der Waals surface area (Å²) in [6.45, 7) is 4.91. The largest absolute Gasteiger partial charge is 0.465 e. The Morgan fingerprint density at radius 3 is 2.61 bits per heavy atom. The van der Waals surface area contributed by atoms with Gasteiger partial charge < -0.3 is 4.74 Å². The van der Waals surface area contributed by atoms with Crippen molar-refractivity contribution in [2.24, 2.45) is 5.41 Å². The van der Waals surface area contributed by atoms with Gasteiger partial charge in [-0.2, -0.15) is 0 Å². The summed E-state index contributed by atoms with van der Waals surface area (Å²) in [6.07, 6.45) is 0. The number of thiophene rings is 1. The van der Waals surface area contributed by atoms with E-state index in [0.29, 0.717) is 4.21 Å².